The molecule has 0 saturated heterocycles. The summed E-state index contributed by atoms with van der Waals surface area (Å²) in [6.45, 7) is 17.8. The summed E-state index contributed by atoms with van der Waals surface area (Å²) >= 11 is 1.77. The molecule has 12 aromatic carbocycles. The molecule has 0 bridgehead atoms. The van der Waals surface area contributed by atoms with E-state index in [1.165, 1.54) is 87.6 Å². The van der Waals surface area contributed by atoms with Crippen LogP contribution < -0.4 is 0 Å². The number of hydrogen-bond donors (Lipinski definition) is 0. The minimum Gasteiger partial charge on any atom is -0.308 e. The SMILES string of the molecule is Cc1ccc2c(c1)c1cc(C)ccc1n2-c1c(-c2nc3ccccc3s2)c(-n2c3ccc(C)cc3c3cc(C)ccc32)c(-n2c3ccc(C)cc3c3cc(C)ccc32)c(-n2c3ccc(C)cc3c3cc(C)ccc32)c1-c1ccc(-c2ccccc2)nc1-c1ccccc1. The van der Waals surface area contributed by atoms with Gasteiger partial charge in [0.1, 0.15) is 5.01 Å². The van der Waals surface area contributed by atoms with Gasteiger partial charge in [0.2, 0.25) is 0 Å². The zero-order valence-electron chi connectivity index (χ0n) is 53.2. The molecule has 0 N–H and O–H groups in total. The van der Waals surface area contributed by atoms with Crippen molar-refractivity contribution in [3.05, 3.63) is 287 Å². The predicted molar refractivity (Wildman–Crippen MR) is 394 cm³/mol. The van der Waals surface area contributed by atoms with Crippen molar-refractivity contribution in [3.63, 3.8) is 0 Å². The molecule has 7 heteroatoms. The number of rotatable bonds is 8. The Morgan fingerprint density at radius 3 is 0.968 bits per heavy atom. The van der Waals surface area contributed by atoms with Crippen LogP contribution in [-0.4, -0.2) is 28.2 Å². The van der Waals surface area contributed by atoms with Crippen molar-refractivity contribution in [2.45, 2.75) is 55.4 Å². The van der Waals surface area contributed by atoms with Crippen LogP contribution >= 0.6 is 11.3 Å². The van der Waals surface area contributed by atoms with E-state index in [9.17, 15) is 0 Å². The lowest BCUT2D eigenvalue weighted by molar-refractivity contribution is 1.04. The van der Waals surface area contributed by atoms with Crippen molar-refractivity contribution in [2.75, 3.05) is 0 Å². The summed E-state index contributed by atoms with van der Waals surface area (Å²) in [7, 11) is 0. The lowest BCUT2D eigenvalue weighted by Gasteiger charge is -2.31. The Kier molecular flexibility index (Phi) is 12.2. The number of benzene rings is 12. The first-order chi connectivity index (χ1) is 45.4. The summed E-state index contributed by atoms with van der Waals surface area (Å²) in [4.78, 5) is 12.0. The molecule has 0 aliphatic heterocycles. The Balaban J connectivity index is 1.24. The van der Waals surface area contributed by atoms with Crippen LogP contribution in [0.3, 0.4) is 0 Å². The van der Waals surface area contributed by atoms with E-state index in [1.54, 1.807) is 11.3 Å². The number of thiazole rings is 1. The van der Waals surface area contributed by atoms with Gasteiger partial charge in [0.25, 0.3) is 0 Å². The fourth-order valence-corrected chi connectivity index (χ4v) is 16.2. The zero-order valence-corrected chi connectivity index (χ0v) is 54.0. The maximum Gasteiger partial charge on any atom is 0.128 e. The number of aromatic nitrogens is 6. The van der Waals surface area contributed by atoms with E-state index in [1.807, 2.05) is 0 Å². The molecule has 0 unspecified atom stereocenters. The van der Waals surface area contributed by atoms with E-state index in [0.717, 1.165) is 121 Å². The van der Waals surface area contributed by atoms with Gasteiger partial charge in [-0.15, -0.1) is 11.3 Å². The zero-order chi connectivity index (χ0) is 62.7. The summed E-state index contributed by atoms with van der Waals surface area (Å²) < 4.78 is 11.7. The smallest absolute Gasteiger partial charge is 0.128 e. The first kappa shape index (κ1) is 54.8. The Bertz CT molecular complexity index is 5930. The van der Waals surface area contributed by atoms with E-state index in [4.69, 9.17) is 9.97 Å². The van der Waals surface area contributed by atoms with Crippen LogP contribution in [0.1, 0.15) is 44.5 Å². The van der Waals surface area contributed by atoms with E-state index in [0.29, 0.717) is 0 Å². The molecule has 18 aromatic rings. The van der Waals surface area contributed by atoms with Gasteiger partial charge in [-0.2, -0.15) is 0 Å². The monoisotopic (exact) mass is 1210 g/mol. The lowest BCUT2D eigenvalue weighted by Crippen LogP contribution is -2.16. The second-order valence-electron chi connectivity index (χ2n) is 26.0. The van der Waals surface area contributed by atoms with Gasteiger partial charge in [0, 0.05) is 65.3 Å². The molecule has 0 radical (unpaired) electrons. The quantitative estimate of drug-likeness (QED) is 0.152. The molecular weight excluding hydrogens is 1150 g/mol. The van der Waals surface area contributed by atoms with Crippen LogP contribution in [0.2, 0.25) is 0 Å². The van der Waals surface area contributed by atoms with Gasteiger partial charge < -0.3 is 18.3 Å². The van der Waals surface area contributed by atoms with Crippen LogP contribution in [0.4, 0.5) is 0 Å². The minimum absolute atomic E-state index is 0.865. The van der Waals surface area contributed by atoms with Crippen molar-refractivity contribution in [1.29, 1.82) is 0 Å². The molecule has 93 heavy (non-hydrogen) atoms. The normalized spacial score (nSPS) is 12.1. The highest BCUT2D eigenvalue weighted by atomic mass is 32.1. The number of pyridine rings is 1. The summed E-state index contributed by atoms with van der Waals surface area (Å²) in [5.74, 6) is 0. The second kappa shape index (κ2) is 20.7. The first-order valence-corrected chi connectivity index (χ1v) is 33.0. The number of nitrogens with zero attached hydrogens (tertiary/aromatic N) is 6. The van der Waals surface area contributed by atoms with Crippen LogP contribution in [0.25, 0.3) is 164 Å². The molecule has 0 fully saturated rings. The fourth-order valence-electron chi connectivity index (χ4n) is 15.2. The highest BCUT2D eigenvalue weighted by molar-refractivity contribution is 7.21. The Morgan fingerprint density at radius 2 is 0.591 bits per heavy atom. The average Bonchev–Trinajstić information content (AvgIpc) is 1.59. The van der Waals surface area contributed by atoms with E-state index in [2.05, 4.69) is 316 Å². The third-order valence-corrected chi connectivity index (χ3v) is 20.4. The predicted octanol–water partition coefficient (Wildman–Crippen LogP) is 23.2. The number of hydrogen-bond acceptors (Lipinski definition) is 3. The standard InChI is InChI=1S/C86H64N6S/c1-49-23-33-70-60(41-49)61-42-50(2)24-34-71(61)89(70)82-79(59-31-32-68(57-17-11-9-12-18-57)87-81(59)58-19-13-10-14-20-58)83(90-72-35-25-51(3)43-62(72)63-44-52(4)26-36-73(63)90)85(92-76-39-29-55(7)47-66(76)67-48-56(8)30-40-77(67)92)84(80(82)86-88-69-21-15-16-22-78(69)93-86)91-74-37-27-53(5)45-64(74)65-46-54(6)28-38-75(65)91/h9-48H,1-8H3. The van der Waals surface area contributed by atoms with Gasteiger partial charge >= 0.3 is 0 Å². The molecular formula is C86H64N6S. The molecule has 0 atom stereocenters. The van der Waals surface area contributed by atoms with Crippen LogP contribution in [-0.2, 0) is 0 Å². The summed E-state index contributed by atoms with van der Waals surface area (Å²) in [6, 6.07) is 91.4. The third-order valence-electron chi connectivity index (χ3n) is 19.4. The average molecular weight is 1210 g/mol. The number of aryl methyl sites for hydroxylation is 8. The van der Waals surface area contributed by atoms with E-state index < -0.39 is 0 Å². The van der Waals surface area contributed by atoms with Crippen molar-refractivity contribution in [3.8, 4) is 67.0 Å². The van der Waals surface area contributed by atoms with Gasteiger partial charge in [-0.3, -0.25) is 0 Å². The van der Waals surface area contributed by atoms with Gasteiger partial charge in [0.05, 0.1) is 94.1 Å². The Labute approximate surface area is 543 Å². The van der Waals surface area contributed by atoms with Gasteiger partial charge in [-0.25, -0.2) is 9.97 Å². The maximum atomic E-state index is 6.01. The van der Waals surface area contributed by atoms with Crippen LogP contribution in [0, 0.1) is 55.4 Å². The summed E-state index contributed by atoms with van der Waals surface area (Å²) in [6.07, 6.45) is 0. The van der Waals surface area contributed by atoms with E-state index >= 15 is 0 Å². The first-order valence-electron chi connectivity index (χ1n) is 32.2. The highest BCUT2D eigenvalue weighted by Gasteiger charge is 2.38. The molecule has 0 aliphatic carbocycles. The van der Waals surface area contributed by atoms with Crippen molar-refractivity contribution >= 4 is 109 Å². The van der Waals surface area contributed by atoms with Crippen molar-refractivity contribution in [1.82, 2.24) is 28.2 Å². The molecule has 0 spiro atoms. The Hall–Kier alpha value is -11.1. The molecule has 6 aromatic heterocycles. The minimum atomic E-state index is 0.865. The maximum absolute atomic E-state index is 6.01. The molecule has 6 heterocycles. The van der Waals surface area contributed by atoms with Crippen LogP contribution in [0.5, 0.6) is 0 Å². The lowest BCUT2D eigenvalue weighted by atomic mass is 9.90. The largest absolute Gasteiger partial charge is 0.308 e. The number of para-hydroxylation sites is 1. The Morgan fingerprint density at radius 1 is 0.269 bits per heavy atom. The molecule has 6 nitrogen and oxygen atoms in total. The van der Waals surface area contributed by atoms with Crippen molar-refractivity contribution < 1.29 is 0 Å². The van der Waals surface area contributed by atoms with Crippen LogP contribution in [0.15, 0.2) is 243 Å². The topological polar surface area (TPSA) is 45.5 Å². The highest BCUT2D eigenvalue weighted by Crippen LogP contribution is 2.57. The summed E-state index contributed by atoms with van der Waals surface area (Å²) in [5, 5.41) is 10.4. The molecule has 0 aliphatic rings. The fraction of sp³-hybridized carbons (Fsp3) is 0.0930. The van der Waals surface area contributed by atoms with Gasteiger partial charge in [-0.05, 0) is 177 Å². The second-order valence-corrected chi connectivity index (χ2v) is 27.0. The third kappa shape index (κ3) is 8.39. The number of fused-ring (bicyclic) bond motifs is 13. The molecule has 0 amide bonds. The molecule has 0 saturated carbocycles. The van der Waals surface area contributed by atoms with Crippen molar-refractivity contribution in [2.24, 2.45) is 0 Å². The summed E-state index contributed by atoms with van der Waals surface area (Å²) in [5.41, 5.74) is 30.1. The van der Waals surface area contributed by atoms with E-state index in [-0.39, 0.29) is 0 Å². The van der Waals surface area contributed by atoms with Gasteiger partial charge in [0.15, 0.2) is 0 Å². The molecule has 18 rings (SSSR count). The molecule has 444 valence electrons. The van der Waals surface area contributed by atoms with Gasteiger partial charge in [-0.1, -0.05) is 166 Å².